The van der Waals surface area contributed by atoms with Crippen LogP contribution in [0.1, 0.15) is 24.2 Å². The first kappa shape index (κ1) is 15.8. The summed E-state index contributed by atoms with van der Waals surface area (Å²) in [7, 11) is 0. The zero-order chi connectivity index (χ0) is 16.0. The Labute approximate surface area is 141 Å². The van der Waals surface area contributed by atoms with Crippen LogP contribution in [0.4, 0.5) is 0 Å². The van der Waals surface area contributed by atoms with E-state index in [9.17, 15) is 5.11 Å². The molecule has 7 heteroatoms. The second-order valence-corrected chi connectivity index (χ2v) is 7.47. The van der Waals surface area contributed by atoms with Crippen LogP contribution in [-0.2, 0) is 16.0 Å². The number of aryl methyl sites for hydroxylation is 1. The average Bonchev–Trinajstić information content (AvgIpc) is 2.88. The number of aliphatic hydroxyl groups is 1. The predicted octanol–water partition coefficient (Wildman–Crippen LogP) is 1.36. The van der Waals surface area contributed by atoms with Gasteiger partial charge in [0.2, 0.25) is 0 Å². The summed E-state index contributed by atoms with van der Waals surface area (Å²) in [6.45, 7) is 6.09. The molecule has 1 aromatic rings. The number of aromatic nitrogens is 2. The highest BCUT2D eigenvalue weighted by Crippen LogP contribution is 2.44. The van der Waals surface area contributed by atoms with Crippen molar-refractivity contribution in [3.63, 3.8) is 0 Å². The van der Waals surface area contributed by atoms with Gasteiger partial charge in [0.15, 0.2) is 0 Å². The van der Waals surface area contributed by atoms with Crippen LogP contribution in [0.15, 0.2) is 0 Å². The molecule has 128 valence electrons. The lowest BCUT2D eigenvalue weighted by Crippen LogP contribution is -2.67. The number of nitrogens with one attached hydrogen (secondary N) is 1. The van der Waals surface area contributed by atoms with Gasteiger partial charge in [0, 0.05) is 50.6 Å². The molecule has 0 aromatic carbocycles. The third kappa shape index (κ3) is 2.61. The molecule has 0 spiro atoms. The molecule has 3 aliphatic heterocycles. The Bertz CT molecular complexity index is 581. The summed E-state index contributed by atoms with van der Waals surface area (Å²) in [6.07, 6.45) is 1.65. The monoisotopic (exact) mass is 341 g/mol. The van der Waals surface area contributed by atoms with Gasteiger partial charge in [-0.15, -0.1) is 0 Å². The molecule has 3 saturated heterocycles. The van der Waals surface area contributed by atoms with Gasteiger partial charge in [-0.3, -0.25) is 10.00 Å². The molecule has 0 bridgehead atoms. The number of likely N-dealkylation sites (tertiary alicyclic amines) is 1. The summed E-state index contributed by atoms with van der Waals surface area (Å²) in [6, 6.07) is 0.316. The molecule has 4 heterocycles. The summed E-state index contributed by atoms with van der Waals surface area (Å²) >= 11 is 6.35. The number of ether oxygens (including phenoxy) is 2. The molecule has 3 aliphatic rings. The second-order valence-electron chi connectivity index (χ2n) is 7.09. The number of hydrogen-bond donors (Lipinski definition) is 2. The van der Waals surface area contributed by atoms with Crippen molar-refractivity contribution in [1.29, 1.82) is 0 Å². The molecule has 4 atom stereocenters. The van der Waals surface area contributed by atoms with Gasteiger partial charge in [0.1, 0.15) is 0 Å². The van der Waals surface area contributed by atoms with Gasteiger partial charge in [0.05, 0.1) is 35.2 Å². The first-order valence-corrected chi connectivity index (χ1v) is 8.78. The van der Waals surface area contributed by atoms with Crippen molar-refractivity contribution < 1.29 is 14.6 Å². The van der Waals surface area contributed by atoms with E-state index in [4.69, 9.17) is 21.1 Å². The van der Waals surface area contributed by atoms with E-state index in [-0.39, 0.29) is 11.8 Å². The van der Waals surface area contributed by atoms with Gasteiger partial charge in [-0.25, -0.2) is 0 Å². The number of aromatic amines is 1. The number of nitrogens with zero attached hydrogens (tertiary/aromatic N) is 2. The Morgan fingerprint density at radius 3 is 3.00 bits per heavy atom. The van der Waals surface area contributed by atoms with Crippen LogP contribution < -0.4 is 0 Å². The molecule has 3 fully saturated rings. The van der Waals surface area contributed by atoms with Gasteiger partial charge in [0.25, 0.3) is 0 Å². The van der Waals surface area contributed by atoms with Crippen molar-refractivity contribution in [1.82, 2.24) is 15.1 Å². The van der Waals surface area contributed by atoms with E-state index < -0.39 is 5.60 Å². The second kappa shape index (κ2) is 6.01. The Morgan fingerprint density at radius 1 is 1.39 bits per heavy atom. The minimum Gasteiger partial charge on any atom is -0.389 e. The molecule has 0 unspecified atom stereocenters. The predicted molar refractivity (Wildman–Crippen MR) is 85.3 cm³/mol. The Balaban J connectivity index is 1.61. The minimum atomic E-state index is -0.662. The van der Waals surface area contributed by atoms with Crippen LogP contribution in [0.2, 0.25) is 5.02 Å². The third-order valence-corrected chi connectivity index (χ3v) is 6.35. The van der Waals surface area contributed by atoms with E-state index in [1.807, 2.05) is 6.92 Å². The Morgan fingerprint density at radius 2 is 2.22 bits per heavy atom. The van der Waals surface area contributed by atoms with Crippen LogP contribution in [0.3, 0.4) is 0 Å². The fourth-order valence-corrected chi connectivity index (χ4v) is 4.66. The first-order valence-electron chi connectivity index (χ1n) is 8.41. The number of fused-ring (bicyclic) bond motifs is 3. The smallest absolute Gasteiger partial charge is 0.0951 e. The summed E-state index contributed by atoms with van der Waals surface area (Å²) in [5.74, 6) is 0.260. The van der Waals surface area contributed by atoms with Crippen molar-refractivity contribution in [3.8, 4) is 0 Å². The molecule has 23 heavy (non-hydrogen) atoms. The number of piperidine rings is 1. The minimum absolute atomic E-state index is 0.123. The van der Waals surface area contributed by atoms with Gasteiger partial charge in [-0.2, -0.15) is 5.10 Å². The van der Waals surface area contributed by atoms with E-state index in [1.165, 1.54) is 0 Å². The first-order chi connectivity index (χ1) is 11.1. The quantitative estimate of drug-likeness (QED) is 0.850. The number of halogens is 1. The molecular weight excluding hydrogens is 318 g/mol. The van der Waals surface area contributed by atoms with Crippen LogP contribution >= 0.6 is 11.6 Å². The average molecular weight is 342 g/mol. The van der Waals surface area contributed by atoms with Crippen LogP contribution in [0.25, 0.3) is 0 Å². The molecular formula is C16H24ClN3O3. The van der Waals surface area contributed by atoms with E-state index in [0.29, 0.717) is 43.9 Å². The number of hydrogen-bond acceptors (Lipinski definition) is 5. The molecule has 0 aliphatic carbocycles. The van der Waals surface area contributed by atoms with Crippen molar-refractivity contribution in [2.75, 3.05) is 33.0 Å². The standard InChI is InChI=1S/C16H24ClN3O3/c1-10-15(17)13(19-18-10)7-20-6-11-8-23-5-3-16(11,21)12-9-22-4-2-14(12)20/h11-12,14,21H,2-9H2,1H3,(H,18,19)/t11-,12+,14-,16-/m0/s1. The van der Waals surface area contributed by atoms with Crippen LogP contribution in [0.5, 0.6) is 0 Å². The lowest BCUT2D eigenvalue weighted by Gasteiger charge is -2.57. The third-order valence-electron chi connectivity index (χ3n) is 5.85. The molecule has 4 rings (SSSR count). The maximum absolute atomic E-state index is 11.3. The largest absolute Gasteiger partial charge is 0.389 e. The maximum Gasteiger partial charge on any atom is 0.0951 e. The SMILES string of the molecule is Cc1[nH]nc(CN2C[C@H]3COCC[C@@]3(O)[C@@H]3COCC[C@@H]32)c1Cl. The van der Waals surface area contributed by atoms with Gasteiger partial charge in [-0.05, 0) is 13.3 Å². The summed E-state index contributed by atoms with van der Waals surface area (Å²) in [5.41, 5.74) is 1.13. The lowest BCUT2D eigenvalue weighted by atomic mass is 9.66. The van der Waals surface area contributed by atoms with Gasteiger partial charge < -0.3 is 14.6 Å². The normalized spacial score (nSPS) is 38.1. The van der Waals surface area contributed by atoms with Crippen LogP contribution in [-0.4, -0.2) is 64.8 Å². The molecule has 0 radical (unpaired) electrons. The van der Waals surface area contributed by atoms with E-state index in [1.54, 1.807) is 0 Å². The van der Waals surface area contributed by atoms with Crippen molar-refractivity contribution in [2.24, 2.45) is 11.8 Å². The highest BCUT2D eigenvalue weighted by molar-refractivity contribution is 6.31. The zero-order valence-electron chi connectivity index (χ0n) is 13.4. The maximum atomic E-state index is 11.3. The molecule has 0 saturated carbocycles. The fraction of sp³-hybridized carbons (Fsp3) is 0.812. The highest BCUT2D eigenvalue weighted by atomic mass is 35.5. The van der Waals surface area contributed by atoms with Crippen molar-refractivity contribution in [2.45, 2.75) is 38.0 Å². The molecule has 1 aromatic heterocycles. The van der Waals surface area contributed by atoms with E-state index in [2.05, 4.69) is 15.1 Å². The summed E-state index contributed by atoms with van der Waals surface area (Å²) < 4.78 is 11.3. The lowest BCUT2D eigenvalue weighted by molar-refractivity contribution is -0.221. The Hall–Kier alpha value is -0.660. The highest BCUT2D eigenvalue weighted by Gasteiger charge is 2.55. The fourth-order valence-electron chi connectivity index (χ4n) is 4.51. The zero-order valence-corrected chi connectivity index (χ0v) is 14.2. The number of rotatable bonds is 2. The van der Waals surface area contributed by atoms with Gasteiger partial charge in [-0.1, -0.05) is 11.6 Å². The van der Waals surface area contributed by atoms with Crippen molar-refractivity contribution in [3.05, 3.63) is 16.4 Å². The van der Waals surface area contributed by atoms with Crippen LogP contribution in [0, 0.1) is 18.8 Å². The van der Waals surface area contributed by atoms with E-state index in [0.717, 1.165) is 31.0 Å². The Kier molecular flexibility index (Phi) is 4.14. The number of H-pyrrole nitrogens is 1. The summed E-state index contributed by atoms with van der Waals surface area (Å²) in [5, 5.41) is 19.3. The van der Waals surface area contributed by atoms with E-state index >= 15 is 0 Å². The molecule has 0 amide bonds. The topological polar surface area (TPSA) is 70.6 Å². The van der Waals surface area contributed by atoms with Gasteiger partial charge >= 0.3 is 0 Å². The van der Waals surface area contributed by atoms with Crippen molar-refractivity contribution >= 4 is 11.6 Å². The summed E-state index contributed by atoms with van der Waals surface area (Å²) in [4.78, 5) is 2.42. The molecule has 6 nitrogen and oxygen atoms in total. The molecule has 2 N–H and O–H groups in total.